The summed E-state index contributed by atoms with van der Waals surface area (Å²) < 4.78 is 5.85. The van der Waals surface area contributed by atoms with Gasteiger partial charge in [0.25, 0.3) is 5.91 Å². The third-order valence-corrected chi connectivity index (χ3v) is 7.34. The van der Waals surface area contributed by atoms with E-state index in [4.69, 9.17) is 16.3 Å². The van der Waals surface area contributed by atoms with Gasteiger partial charge < -0.3 is 15.0 Å². The highest BCUT2D eigenvalue weighted by Gasteiger charge is 2.41. The van der Waals surface area contributed by atoms with E-state index in [1.54, 1.807) is 24.5 Å². The van der Waals surface area contributed by atoms with Crippen molar-refractivity contribution in [2.75, 3.05) is 30.0 Å². The molecule has 1 amide bonds. The fraction of sp³-hybridized carbons (Fsp3) is 0.333. The van der Waals surface area contributed by atoms with Crippen LogP contribution in [0.5, 0.6) is 0 Å². The van der Waals surface area contributed by atoms with Crippen LogP contribution in [0.1, 0.15) is 47.3 Å². The zero-order chi connectivity index (χ0) is 23.2. The standard InChI is InChI=1S/C27H28ClN3O2/c1-18-21(5-4-6-23(18)28)27(11-14-33-17-27)30-20-7-8-22-24(15-20)31(16-26(22,2)3)25(32)19-9-12-29-13-10-19/h4-10,12-13,15,30H,11,14,16-17H2,1-3H3. The molecule has 0 saturated carbocycles. The van der Waals surface area contributed by atoms with E-state index in [1.807, 2.05) is 17.0 Å². The molecule has 170 valence electrons. The number of carbonyl (C=O) groups is 1. The predicted molar refractivity (Wildman–Crippen MR) is 132 cm³/mol. The van der Waals surface area contributed by atoms with Crippen LogP contribution < -0.4 is 10.2 Å². The van der Waals surface area contributed by atoms with Gasteiger partial charge in [-0.2, -0.15) is 0 Å². The molecule has 1 fully saturated rings. The summed E-state index contributed by atoms with van der Waals surface area (Å²) >= 11 is 6.46. The van der Waals surface area contributed by atoms with Gasteiger partial charge in [0.1, 0.15) is 0 Å². The van der Waals surface area contributed by atoms with Crippen LogP contribution >= 0.6 is 11.6 Å². The Morgan fingerprint density at radius 1 is 1.12 bits per heavy atom. The molecule has 1 aromatic heterocycles. The molecule has 5 nitrogen and oxygen atoms in total. The fourth-order valence-electron chi connectivity index (χ4n) is 5.15. The summed E-state index contributed by atoms with van der Waals surface area (Å²) in [5, 5.41) is 4.52. The molecule has 1 unspecified atom stereocenters. The highest BCUT2D eigenvalue weighted by atomic mass is 35.5. The Morgan fingerprint density at radius 3 is 2.64 bits per heavy atom. The molecule has 0 aliphatic carbocycles. The van der Waals surface area contributed by atoms with Crippen LogP contribution in [-0.2, 0) is 15.7 Å². The summed E-state index contributed by atoms with van der Waals surface area (Å²) in [5.41, 5.74) is 5.44. The molecule has 2 aliphatic heterocycles. The van der Waals surface area contributed by atoms with Crippen molar-refractivity contribution in [3.63, 3.8) is 0 Å². The first-order valence-electron chi connectivity index (χ1n) is 11.3. The van der Waals surface area contributed by atoms with Crippen LogP contribution in [0.25, 0.3) is 0 Å². The van der Waals surface area contributed by atoms with Crippen molar-refractivity contribution < 1.29 is 9.53 Å². The highest BCUT2D eigenvalue weighted by molar-refractivity contribution is 6.31. The maximum atomic E-state index is 13.4. The van der Waals surface area contributed by atoms with Crippen molar-refractivity contribution in [2.45, 2.75) is 38.1 Å². The first kappa shape index (κ1) is 21.9. The smallest absolute Gasteiger partial charge is 0.258 e. The maximum absolute atomic E-state index is 13.4. The van der Waals surface area contributed by atoms with Gasteiger partial charge in [0.2, 0.25) is 0 Å². The van der Waals surface area contributed by atoms with Gasteiger partial charge in [-0.1, -0.05) is 43.6 Å². The molecular formula is C27H28ClN3O2. The molecule has 6 heteroatoms. The molecule has 1 N–H and O–H groups in total. The molecule has 0 radical (unpaired) electrons. The molecule has 5 rings (SSSR count). The zero-order valence-electron chi connectivity index (χ0n) is 19.2. The van der Waals surface area contributed by atoms with E-state index < -0.39 is 0 Å². The van der Waals surface area contributed by atoms with E-state index in [9.17, 15) is 4.79 Å². The summed E-state index contributed by atoms with van der Waals surface area (Å²) in [4.78, 5) is 19.3. The Kier molecular flexibility index (Phi) is 5.42. The monoisotopic (exact) mass is 461 g/mol. The molecule has 1 atom stereocenters. The Balaban J connectivity index is 1.53. The summed E-state index contributed by atoms with van der Waals surface area (Å²) in [6.45, 7) is 8.30. The van der Waals surface area contributed by atoms with E-state index >= 15 is 0 Å². The van der Waals surface area contributed by atoms with E-state index in [0.29, 0.717) is 25.3 Å². The van der Waals surface area contributed by atoms with Gasteiger partial charge in [-0.25, -0.2) is 0 Å². The number of nitrogens with one attached hydrogen (secondary N) is 1. The van der Waals surface area contributed by atoms with Gasteiger partial charge in [-0.05, 0) is 53.9 Å². The van der Waals surface area contributed by atoms with Gasteiger partial charge in [0.05, 0.1) is 12.1 Å². The van der Waals surface area contributed by atoms with Crippen LogP contribution in [0.4, 0.5) is 11.4 Å². The Hall–Kier alpha value is -2.89. The Bertz CT molecular complexity index is 1200. The van der Waals surface area contributed by atoms with Gasteiger partial charge in [0, 0.05) is 59.3 Å². The van der Waals surface area contributed by atoms with Crippen LogP contribution in [0.3, 0.4) is 0 Å². The summed E-state index contributed by atoms with van der Waals surface area (Å²) in [6, 6.07) is 15.9. The van der Waals surface area contributed by atoms with Gasteiger partial charge in [-0.15, -0.1) is 0 Å². The Morgan fingerprint density at radius 2 is 1.91 bits per heavy atom. The quantitative estimate of drug-likeness (QED) is 0.540. The lowest BCUT2D eigenvalue weighted by atomic mass is 9.85. The van der Waals surface area contributed by atoms with Crippen molar-refractivity contribution in [2.24, 2.45) is 0 Å². The van der Waals surface area contributed by atoms with Crippen molar-refractivity contribution in [3.05, 3.63) is 88.2 Å². The SMILES string of the molecule is Cc1c(Cl)cccc1C1(Nc2ccc3c(c2)N(C(=O)c2ccncc2)CC3(C)C)CCOC1. The second-order valence-corrected chi connectivity index (χ2v) is 10.1. The highest BCUT2D eigenvalue weighted by Crippen LogP contribution is 2.44. The lowest BCUT2D eigenvalue weighted by molar-refractivity contribution is 0.0986. The Labute approximate surface area is 199 Å². The first-order chi connectivity index (χ1) is 15.8. The number of nitrogens with zero attached hydrogens (tertiary/aromatic N) is 2. The van der Waals surface area contributed by atoms with Crippen LogP contribution in [0.15, 0.2) is 60.9 Å². The van der Waals surface area contributed by atoms with E-state index in [-0.39, 0.29) is 16.9 Å². The van der Waals surface area contributed by atoms with Crippen molar-refractivity contribution in [3.8, 4) is 0 Å². The lowest BCUT2D eigenvalue weighted by Crippen LogP contribution is -2.37. The molecule has 1 saturated heterocycles. The number of hydrogen-bond donors (Lipinski definition) is 1. The van der Waals surface area contributed by atoms with E-state index in [1.165, 1.54) is 5.56 Å². The fourth-order valence-corrected chi connectivity index (χ4v) is 5.32. The summed E-state index contributed by atoms with van der Waals surface area (Å²) in [5.74, 6) is -0.00836. The minimum Gasteiger partial charge on any atom is -0.379 e. The molecular weight excluding hydrogens is 434 g/mol. The first-order valence-corrected chi connectivity index (χ1v) is 11.7. The summed E-state index contributed by atoms with van der Waals surface area (Å²) in [6.07, 6.45) is 4.16. The number of benzene rings is 2. The largest absolute Gasteiger partial charge is 0.379 e. The van der Waals surface area contributed by atoms with Crippen LogP contribution in [0, 0.1) is 6.92 Å². The molecule has 2 aromatic carbocycles. The number of hydrogen-bond acceptors (Lipinski definition) is 4. The second kappa shape index (κ2) is 8.15. The van der Waals surface area contributed by atoms with Crippen molar-refractivity contribution in [1.82, 2.24) is 4.98 Å². The topological polar surface area (TPSA) is 54.5 Å². The van der Waals surface area contributed by atoms with Crippen molar-refractivity contribution in [1.29, 1.82) is 0 Å². The molecule has 3 heterocycles. The van der Waals surface area contributed by atoms with E-state index in [0.717, 1.165) is 33.9 Å². The zero-order valence-corrected chi connectivity index (χ0v) is 19.9. The number of anilines is 2. The van der Waals surface area contributed by atoms with Crippen molar-refractivity contribution >= 4 is 28.9 Å². The van der Waals surface area contributed by atoms with Gasteiger partial charge in [-0.3, -0.25) is 9.78 Å². The number of amides is 1. The molecule has 33 heavy (non-hydrogen) atoms. The molecule has 3 aromatic rings. The lowest BCUT2D eigenvalue weighted by Gasteiger charge is -2.33. The third-order valence-electron chi connectivity index (χ3n) is 6.93. The second-order valence-electron chi connectivity index (χ2n) is 9.67. The average molecular weight is 462 g/mol. The number of rotatable bonds is 4. The number of halogens is 1. The number of carbonyl (C=O) groups excluding carboxylic acids is 1. The number of pyridine rings is 1. The van der Waals surface area contributed by atoms with Crippen LogP contribution in [-0.4, -0.2) is 30.6 Å². The predicted octanol–water partition coefficient (Wildman–Crippen LogP) is 5.71. The number of aromatic nitrogens is 1. The summed E-state index contributed by atoms with van der Waals surface area (Å²) in [7, 11) is 0. The third kappa shape index (κ3) is 3.79. The number of ether oxygens (including phenoxy) is 1. The minimum atomic E-state index is -0.364. The molecule has 2 aliphatic rings. The molecule has 0 spiro atoms. The van der Waals surface area contributed by atoms with E-state index in [2.05, 4.69) is 55.3 Å². The maximum Gasteiger partial charge on any atom is 0.258 e. The van der Waals surface area contributed by atoms with Crippen LogP contribution in [0.2, 0.25) is 5.02 Å². The van der Waals surface area contributed by atoms with Gasteiger partial charge in [0.15, 0.2) is 0 Å². The molecule has 0 bridgehead atoms. The number of fused-ring (bicyclic) bond motifs is 1. The average Bonchev–Trinajstić information content (AvgIpc) is 3.38. The van der Waals surface area contributed by atoms with Gasteiger partial charge >= 0.3 is 0 Å². The minimum absolute atomic E-state index is 0.00836. The normalized spacial score (nSPS) is 21.2.